The molecule has 0 saturated heterocycles. The minimum atomic E-state index is -0.608. The maximum atomic E-state index is 12.0. The number of aliphatic hydroxyl groups is 1. The summed E-state index contributed by atoms with van der Waals surface area (Å²) in [6, 6.07) is 8.83. The van der Waals surface area contributed by atoms with Gasteiger partial charge >= 0.3 is 5.97 Å². The highest BCUT2D eigenvalue weighted by atomic mass is 16.6. The third-order valence-electron chi connectivity index (χ3n) is 5.93. The van der Waals surface area contributed by atoms with Gasteiger partial charge in [-0.3, -0.25) is 0 Å². The molecule has 4 nitrogen and oxygen atoms in total. The number of carbonyl (C=O) groups is 1. The van der Waals surface area contributed by atoms with Gasteiger partial charge in [0.2, 0.25) is 0 Å². The van der Waals surface area contributed by atoms with Gasteiger partial charge in [0.15, 0.2) is 0 Å². The van der Waals surface area contributed by atoms with Gasteiger partial charge in [0.25, 0.3) is 0 Å². The number of aliphatic hydroxyl groups excluding tert-OH is 1. The normalized spacial score (nSPS) is 12.1. The third kappa shape index (κ3) is 16.3. The molecule has 0 amide bonds. The first-order valence-electron chi connectivity index (χ1n) is 13.2. The zero-order chi connectivity index (χ0) is 23.1. The first-order chi connectivity index (χ1) is 15.8. The van der Waals surface area contributed by atoms with Gasteiger partial charge in [0.1, 0.15) is 6.10 Å². The largest absolute Gasteiger partial charge is 0.454 e. The molecule has 1 rings (SSSR count). The van der Waals surface area contributed by atoms with E-state index in [1.807, 2.05) is 6.07 Å². The number of hydrogen-bond acceptors (Lipinski definition) is 4. The summed E-state index contributed by atoms with van der Waals surface area (Å²) in [5, 5.41) is 9.41. The van der Waals surface area contributed by atoms with E-state index in [2.05, 4.69) is 6.92 Å². The molecule has 0 unspecified atom stereocenters. The van der Waals surface area contributed by atoms with Gasteiger partial charge in [-0.25, -0.2) is 4.79 Å². The lowest BCUT2D eigenvalue weighted by atomic mass is 10.0. The molecular formula is C28H48O4. The summed E-state index contributed by atoms with van der Waals surface area (Å²) in [7, 11) is 0. The summed E-state index contributed by atoms with van der Waals surface area (Å²) in [4.78, 5) is 12.0. The van der Waals surface area contributed by atoms with Crippen LogP contribution in [0.2, 0.25) is 0 Å². The summed E-state index contributed by atoms with van der Waals surface area (Å²) in [5.74, 6) is -0.421. The van der Waals surface area contributed by atoms with E-state index in [0.717, 1.165) is 6.42 Å². The first kappa shape index (κ1) is 28.6. The van der Waals surface area contributed by atoms with Crippen molar-refractivity contribution < 1.29 is 19.4 Å². The minimum Gasteiger partial charge on any atom is -0.454 e. The molecular weight excluding hydrogens is 400 g/mol. The number of carbonyl (C=O) groups excluding carboxylic acids is 1. The summed E-state index contributed by atoms with van der Waals surface area (Å²) in [6.07, 6.45) is 21.0. The van der Waals surface area contributed by atoms with Crippen molar-refractivity contribution in [3.05, 3.63) is 35.9 Å². The molecule has 0 heterocycles. The predicted octanol–water partition coefficient (Wildman–Crippen LogP) is 7.48. The number of ether oxygens (including phenoxy) is 2. The van der Waals surface area contributed by atoms with Crippen LogP contribution in [0.15, 0.2) is 30.3 Å². The second-order valence-electron chi connectivity index (χ2n) is 8.95. The van der Waals surface area contributed by atoms with Crippen molar-refractivity contribution >= 4 is 5.97 Å². The van der Waals surface area contributed by atoms with E-state index < -0.39 is 12.1 Å². The molecule has 184 valence electrons. The van der Waals surface area contributed by atoms with E-state index in [-0.39, 0.29) is 13.2 Å². The van der Waals surface area contributed by atoms with Gasteiger partial charge < -0.3 is 14.6 Å². The van der Waals surface area contributed by atoms with Crippen LogP contribution in [0.5, 0.6) is 0 Å². The second-order valence-corrected chi connectivity index (χ2v) is 8.95. The van der Waals surface area contributed by atoms with E-state index in [9.17, 15) is 9.90 Å². The summed E-state index contributed by atoms with van der Waals surface area (Å²) >= 11 is 0. The van der Waals surface area contributed by atoms with Gasteiger partial charge in [0, 0.05) is 6.61 Å². The van der Waals surface area contributed by atoms with E-state index >= 15 is 0 Å². The molecule has 0 aromatic heterocycles. The molecule has 0 bridgehead atoms. The number of esters is 1. The van der Waals surface area contributed by atoms with Crippen molar-refractivity contribution in [1.29, 1.82) is 0 Å². The predicted molar refractivity (Wildman–Crippen MR) is 133 cm³/mol. The minimum absolute atomic E-state index is 0.225. The zero-order valence-electron chi connectivity index (χ0n) is 20.6. The van der Waals surface area contributed by atoms with Crippen LogP contribution in [0.4, 0.5) is 0 Å². The second kappa shape index (κ2) is 21.5. The third-order valence-corrected chi connectivity index (χ3v) is 5.93. The topological polar surface area (TPSA) is 55.8 Å². The fourth-order valence-electron chi connectivity index (χ4n) is 3.88. The average Bonchev–Trinajstić information content (AvgIpc) is 2.83. The van der Waals surface area contributed by atoms with Crippen molar-refractivity contribution in [2.75, 3.05) is 19.8 Å². The van der Waals surface area contributed by atoms with E-state index in [4.69, 9.17) is 9.47 Å². The quantitative estimate of drug-likeness (QED) is 0.147. The molecule has 0 radical (unpaired) electrons. The Hall–Kier alpha value is -1.39. The van der Waals surface area contributed by atoms with Crippen molar-refractivity contribution in [3.8, 4) is 0 Å². The van der Waals surface area contributed by atoms with Crippen LogP contribution in [-0.4, -0.2) is 37.0 Å². The molecule has 1 N–H and O–H groups in total. The number of hydrogen-bond donors (Lipinski definition) is 1. The van der Waals surface area contributed by atoms with Crippen LogP contribution in [0.3, 0.4) is 0 Å². The maximum absolute atomic E-state index is 12.0. The van der Waals surface area contributed by atoms with Crippen LogP contribution in [-0.2, 0) is 9.47 Å². The molecule has 32 heavy (non-hydrogen) atoms. The molecule has 1 aromatic rings. The molecule has 0 aliphatic rings. The zero-order valence-corrected chi connectivity index (χ0v) is 20.6. The van der Waals surface area contributed by atoms with Crippen LogP contribution in [0.1, 0.15) is 120 Å². The Morgan fingerprint density at radius 1 is 0.750 bits per heavy atom. The van der Waals surface area contributed by atoms with Gasteiger partial charge in [-0.1, -0.05) is 121 Å². The fraction of sp³-hybridized carbons (Fsp3) is 0.750. The summed E-state index contributed by atoms with van der Waals surface area (Å²) < 4.78 is 10.9. The first-order valence-corrected chi connectivity index (χ1v) is 13.2. The summed E-state index contributed by atoms with van der Waals surface area (Å²) in [6.45, 7) is 2.95. The number of rotatable bonds is 22. The molecule has 0 aliphatic heterocycles. The van der Waals surface area contributed by atoms with E-state index in [1.54, 1.807) is 24.3 Å². The fourth-order valence-corrected chi connectivity index (χ4v) is 3.88. The molecule has 0 fully saturated rings. The SMILES string of the molecule is CCCCCCCCCCCCCCCCCCOC[C@H](CO)OC(=O)c1ccccc1. The maximum Gasteiger partial charge on any atom is 0.338 e. The lowest BCUT2D eigenvalue weighted by molar-refractivity contribution is -0.0243. The van der Waals surface area contributed by atoms with Gasteiger partial charge in [-0.05, 0) is 18.6 Å². The lowest BCUT2D eigenvalue weighted by Crippen LogP contribution is -2.27. The standard InChI is InChI=1S/C28H48O4/c1-2-3-4-5-6-7-8-9-10-11-12-13-14-15-16-20-23-31-25-27(24-29)32-28(30)26-21-18-17-19-22-26/h17-19,21-22,27,29H,2-16,20,23-25H2,1H3/t27-/m0/s1. The Balaban J connectivity index is 1.84. The monoisotopic (exact) mass is 448 g/mol. The van der Waals surface area contributed by atoms with Gasteiger partial charge in [-0.15, -0.1) is 0 Å². The molecule has 0 saturated carbocycles. The highest BCUT2D eigenvalue weighted by Gasteiger charge is 2.15. The highest BCUT2D eigenvalue weighted by Crippen LogP contribution is 2.14. The smallest absolute Gasteiger partial charge is 0.338 e. The Bertz CT molecular complexity index is 531. The van der Waals surface area contributed by atoms with Crippen LogP contribution < -0.4 is 0 Å². The van der Waals surface area contributed by atoms with Gasteiger partial charge in [-0.2, -0.15) is 0 Å². The van der Waals surface area contributed by atoms with Crippen LogP contribution >= 0.6 is 0 Å². The Labute approximate surface area is 197 Å². The average molecular weight is 449 g/mol. The lowest BCUT2D eigenvalue weighted by Gasteiger charge is -2.15. The van der Waals surface area contributed by atoms with Crippen molar-refractivity contribution in [2.45, 2.75) is 116 Å². The number of unbranched alkanes of at least 4 members (excludes halogenated alkanes) is 15. The van der Waals surface area contributed by atoms with Crippen molar-refractivity contribution in [3.63, 3.8) is 0 Å². The van der Waals surface area contributed by atoms with Crippen molar-refractivity contribution in [1.82, 2.24) is 0 Å². The highest BCUT2D eigenvalue weighted by molar-refractivity contribution is 5.89. The van der Waals surface area contributed by atoms with Crippen molar-refractivity contribution in [2.24, 2.45) is 0 Å². The molecule has 4 heteroatoms. The van der Waals surface area contributed by atoms with E-state index in [0.29, 0.717) is 12.2 Å². The molecule has 1 atom stereocenters. The molecule has 0 aliphatic carbocycles. The van der Waals surface area contributed by atoms with Crippen LogP contribution in [0.25, 0.3) is 0 Å². The summed E-state index contributed by atoms with van der Waals surface area (Å²) in [5.41, 5.74) is 0.490. The number of benzene rings is 1. The molecule has 0 spiro atoms. The Morgan fingerprint density at radius 3 is 1.69 bits per heavy atom. The van der Waals surface area contributed by atoms with Crippen LogP contribution in [0, 0.1) is 0 Å². The van der Waals surface area contributed by atoms with Gasteiger partial charge in [0.05, 0.1) is 18.8 Å². The Kier molecular flexibility index (Phi) is 19.2. The Morgan fingerprint density at radius 2 is 1.22 bits per heavy atom. The van der Waals surface area contributed by atoms with E-state index in [1.165, 1.54) is 96.3 Å². The molecule has 1 aromatic carbocycles.